The molecule has 0 aliphatic rings. The first-order valence-electron chi connectivity index (χ1n) is 4.43. The summed E-state index contributed by atoms with van der Waals surface area (Å²) < 4.78 is 5.16. The fourth-order valence-corrected chi connectivity index (χ4v) is 1.23. The van der Waals surface area contributed by atoms with Crippen LogP contribution in [0.15, 0.2) is 33.7 Å². The van der Waals surface area contributed by atoms with Crippen molar-refractivity contribution < 1.29 is 4.42 Å². The van der Waals surface area contributed by atoms with E-state index in [0.717, 1.165) is 0 Å². The summed E-state index contributed by atoms with van der Waals surface area (Å²) >= 11 is 0. The molecule has 0 spiro atoms. The molecule has 0 radical (unpaired) electrons. The molecule has 4 nitrogen and oxygen atoms in total. The second kappa shape index (κ2) is 3.49. The van der Waals surface area contributed by atoms with E-state index in [0.29, 0.717) is 23.7 Å². The summed E-state index contributed by atoms with van der Waals surface area (Å²) in [6.45, 7) is 1.93. The quantitative estimate of drug-likeness (QED) is 0.782. The van der Waals surface area contributed by atoms with E-state index in [1.165, 1.54) is 6.07 Å². The maximum atomic E-state index is 11.2. The van der Waals surface area contributed by atoms with Crippen molar-refractivity contribution in [3.63, 3.8) is 0 Å². The lowest BCUT2D eigenvalue weighted by atomic mass is 10.3. The Morgan fingerprint density at radius 1 is 1.57 bits per heavy atom. The number of H-pyrrole nitrogens is 1. The van der Waals surface area contributed by atoms with Crippen molar-refractivity contribution in [3.05, 3.63) is 40.6 Å². The molecule has 1 N–H and O–H groups in total. The SMILES string of the molecule is CCc1nc(-c2ccco2)cc(=O)[nH]1. The first kappa shape index (κ1) is 8.74. The van der Waals surface area contributed by atoms with E-state index in [1.807, 2.05) is 6.92 Å². The minimum atomic E-state index is -0.150. The summed E-state index contributed by atoms with van der Waals surface area (Å²) in [7, 11) is 0. The number of nitrogens with one attached hydrogen (secondary N) is 1. The molecule has 4 heteroatoms. The summed E-state index contributed by atoms with van der Waals surface area (Å²) in [6.07, 6.45) is 2.26. The normalized spacial score (nSPS) is 10.4. The monoisotopic (exact) mass is 190 g/mol. The number of aryl methyl sites for hydroxylation is 1. The van der Waals surface area contributed by atoms with Crippen molar-refractivity contribution in [3.8, 4) is 11.5 Å². The molecule has 0 aromatic carbocycles. The molecule has 2 aromatic heterocycles. The number of hydrogen-bond donors (Lipinski definition) is 1. The van der Waals surface area contributed by atoms with Crippen LogP contribution in [0.5, 0.6) is 0 Å². The van der Waals surface area contributed by atoms with Gasteiger partial charge in [0.15, 0.2) is 5.76 Å². The molecule has 0 saturated heterocycles. The van der Waals surface area contributed by atoms with Crippen LogP contribution in [0.25, 0.3) is 11.5 Å². The van der Waals surface area contributed by atoms with Gasteiger partial charge >= 0.3 is 0 Å². The molecule has 2 rings (SSSR count). The molecule has 2 aromatic rings. The smallest absolute Gasteiger partial charge is 0.251 e. The standard InChI is InChI=1S/C10H10N2O2/c1-2-9-11-7(6-10(13)12-9)8-4-3-5-14-8/h3-6H,2H2,1H3,(H,11,12,13). The Morgan fingerprint density at radius 3 is 3.07 bits per heavy atom. The third kappa shape index (κ3) is 1.59. The molecule has 2 heterocycles. The number of furan rings is 1. The summed E-state index contributed by atoms with van der Waals surface area (Å²) in [5.41, 5.74) is 0.429. The second-order valence-corrected chi connectivity index (χ2v) is 2.91. The van der Waals surface area contributed by atoms with Gasteiger partial charge < -0.3 is 9.40 Å². The molecule has 0 atom stereocenters. The second-order valence-electron chi connectivity index (χ2n) is 2.91. The summed E-state index contributed by atoms with van der Waals surface area (Å²) in [5, 5.41) is 0. The van der Waals surface area contributed by atoms with Crippen molar-refractivity contribution in [1.82, 2.24) is 9.97 Å². The van der Waals surface area contributed by atoms with Crippen LogP contribution in [0.2, 0.25) is 0 Å². The van der Waals surface area contributed by atoms with Gasteiger partial charge in [-0.05, 0) is 12.1 Å². The first-order valence-corrected chi connectivity index (χ1v) is 4.43. The van der Waals surface area contributed by atoms with Crippen molar-refractivity contribution in [2.24, 2.45) is 0 Å². The third-order valence-corrected chi connectivity index (χ3v) is 1.90. The van der Waals surface area contributed by atoms with Crippen LogP contribution in [-0.2, 0) is 6.42 Å². The van der Waals surface area contributed by atoms with E-state index < -0.39 is 0 Å². The molecular formula is C10H10N2O2. The van der Waals surface area contributed by atoms with Crippen LogP contribution < -0.4 is 5.56 Å². The zero-order valence-electron chi connectivity index (χ0n) is 7.78. The summed E-state index contributed by atoms with van der Waals surface area (Å²) in [6, 6.07) is 4.98. The summed E-state index contributed by atoms with van der Waals surface area (Å²) in [5.74, 6) is 1.29. The van der Waals surface area contributed by atoms with Crippen molar-refractivity contribution in [2.45, 2.75) is 13.3 Å². The Kier molecular flexibility index (Phi) is 2.18. The van der Waals surface area contributed by atoms with E-state index in [4.69, 9.17) is 4.42 Å². The zero-order chi connectivity index (χ0) is 9.97. The maximum Gasteiger partial charge on any atom is 0.251 e. The van der Waals surface area contributed by atoms with Crippen molar-refractivity contribution in [2.75, 3.05) is 0 Å². The number of aromatic amines is 1. The van der Waals surface area contributed by atoms with E-state index in [1.54, 1.807) is 18.4 Å². The van der Waals surface area contributed by atoms with E-state index in [9.17, 15) is 4.79 Å². The number of nitrogens with zero attached hydrogens (tertiary/aromatic N) is 1. The van der Waals surface area contributed by atoms with Gasteiger partial charge in [0, 0.05) is 12.5 Å². The molecular weight excluding hydrogens is 180 g/mol. The topological polar surface area (TPSA) is 58.9 Å². The van der Waals surface area contributed by atoms with Crippen molar-refractivity contribution >= 4 is 0 Å². The van der Waals surface area contributed by atoms with Gasteiger partial charge in [-0.3, -0.25) is 4.79 Å². The predicted octanol–water partition coefficient (Wildman–Crippen LogP) is 1.59. The molecule has 72 valence electrons. The van der Waals surface area contributed by atoms with Crippen LogP contribution in [0.1, 0.15) is 12.7 Å². The van der Waals surface area contributed by atoms with Crippen LogP contribution in [0.4, 0.5) is 0 Å². The van der Waals surface area contributed by atoms with Gasteiger partial charge in [0.1, 0.15) is 11.5 Å². The Hall–Kier alpha value is -1.84. The van der Waals surface area contributed by atoms with Gasteiger partial charge in [0.2, 0.25) is 0 Å². The summed E-state index contributed by atoms with van der Waals surface area (Å²) in [4.78, 5) is 18.1. The molecule has 0 saturated carbocycles. The number of hydrogen-bond acceptors (Lipinski definition) is 3. The highest BCUT2D eigenvalue weighted by atomic mass is 16.3. The predicted molar refractivity (Wildman–Crippen MR) is 51.9 cm³/mol. The lowest BCUT2D eigenvalue weighted by molar-refractivity contribution is 0.579. The molecule has 0 aliphatic heterocycles. The van der Waals surface area contributed by atoms with Gasteiger partial charge in [-0.1, -0.05) is 6.92 Å². The maximum absolute atomic E-state index is 11.2. The van der Waals surface area contributed by atoms with Gasteiger partial charge in [-0.2, -0.15) is 0 Å². The van der Waals surface area contributed by atoms with E-state index in [-0.39, 0.29) is 5.56 Å². The van der Waals surface area contributed by atoms with Gasteiger partial charge in [0.05, 0.1) is 6.26 Å². The van der Waals surface area contributed by atoms with E-state index >= 15 is 0 Å². The number of aromatic nitrogens is 2. The lowest BCUT2D eigenvalue weighted by Gasteiger charge is -1.98. The minimum absolute atomic E-state index is 0.150. The highest BCUT2D eigenvalue weighted by Crippen LogP contribution is 2.14. The first-order chi connectivity index (χ1) is 6.79. The van der Waals surface area contributed by atoms with Gasteiger partial charge in [0.25, 0.3) is 5.56 Å². The molecule has 14 heavy (non-hydrogen) atoms. The molecule has 0 amide bonds. The molecule has 0 unspecified atom stereocenters. The van der Waals surface area contributed by atoms with Crippen molar-refractivity contribution in [1.29, 1.82) is 0 Å². The highest BCUT2D eigenvalue weighted by Gasteiger charge is 2.04. The number of rotatable bonds is 2. The Bertz CT molecular complexity index is 471. The lowest BCUT2D eigenvalue weighted by Crippen LogP contribution is -2.10. The fourth-order valence-electron chi connectivity index (χ4n) is 1.23. The minimum Gasteiger partial charge on any atom is -0.463 e. The zero-order valence-corrected chi connectivity index (χ0v) is 7.78. The Morgan fingerprint density at radius 2 is 2.43 bits per heavy atom. The highest BCUT2D eigenvalue weighted by molar-refractivity contribution is 5.50. The average Bonchev–Trinajstić information content (AvgIpc) is 2.69. The van der Waals surface area contributed by atoms with E-state index in [2.05, 4.69) is 9.97 Å². The largest absolute Gasteiger partial charge is 0.463 e. The Balaban J connectivity index is 2.54. The average molecular weight is 190 g/mol. The fraction of sp³-hybridized carbons (Fsp3) is 0.200. The van der Waals surface area contributed by atoms with Gasteiger partial charge in [-0.25, -0.2) is 4.98 Å². The Labute approximate surface area is 80.6 Å². The van der Waals surface area contributed by atoms with Crippen LogP contribution >= 0.6 is 0 Å². The van der Waals surface area contributed by atoms with Crippen LogP contribution in [0, 0.1) is 0 Å². The van der Waals surface area contributed by atoms with Crippen LogP contribution in [-0.4, -0.2) is 9.97 Å². The molecule has 0 bridgehead atoms. The van der Waals surface area contributed by atoms with Crippen LogP contribution in [0.3, 0.4) is 0 Å². The van der Waals surface area contributed by atoms with Gasteiger partial charge in [-0.15, -0.1) is 0 Å². The molecule has 0 aliphatic carbocycles. The third-order valence-electron chi connectivity index (χ3n) is 1.90. The molecule has 0 fully saturated rings.